The second-order valence-corrected chi connectivity index (χ2v) is 4.69. The van der Waals surface area contributed by atoms with Crippen molar-refractivity contribution in [3.8, 4) is 5.75 Å². The van der Waals surface area contributed by atoms with Crippen molar-refractivity contribution in [3.05, 3.63) is 47.9 Å². The Morgan fingerprint density at radius 2 is 2.24 bits per heavy atom. The van der Waals surface area contributed by atoms with Crippen molar-refractivity contribution < 1.29 is 18.7 Å². The van der Waals surface area contributed by atoms with Crippen LogP contribution in [0.5, 0.6) is 5.75 Å². The molecule has 1 aromatic carbocycles. The fraction of sp³-hybridized carbons (Fsp3) is 0.200. The Bertz CT molecular complexity index is 679. The lowest BCUT2D eigenvalue weighted by atomic mass is 10.1. The van der Waals surface area contributed by atoms with Gasteiger partial charge in [0.05, 0.1) is 18.5 Å². The standard InChI is InChI=1S/C15H14N2O4/c1-17-12-7-10(4-5-13(12)21-9-14(17)18)15(19)16-8-11-3-2-6-20-11/h2-7H,8-9H2,1H3,(H,16,19). The molecule has 0 saturated heterocycles. The summed E-state index contributed by atoms with van der Waals surface area (Å²) in [4.78, 5) is 25.2. The molecule has 0 unspecified atom stereocenters. The molecule has 2 amide bonds. The number of ether oxygens (including phenoxy) is 1. The molecular weight excluding hydrogens is 272 g/mol. The lowest BCUT2D eigenvalue weighted by Crippen LogP contribution is -2.35. The minimum atomic E-state index is -0.236. The summed E-state index contributed by atoms with van der Waals surface area (Å²) in [6.07, 6.45) is 1.55. The minimum absolute atomic E-state index is 0.0214. The number of nitrogens with one attached hydrogen (secondary N) is 1. The first-order valence-electron chi connectivity index (χ1n) is 6.49. The fourth-order valence-electron chi connectivity index (χ4n) is 2.10. The van der Waals surface area contributed by atoms with Crippen molar-refractivity contribution >= 4 is 17.5 Å². The van der Waals surface area contributed by atoms with Crippen LogP contribution in [0.25, 0.3) is 0 Å². The van der Waals surface area contributed by atoms with Gasteiger partial charge in [-0.15, -0.1) is 0 Å². The van der Waals surface area contributed by atoms with Crippen molar-refractivity contribution in [2.24, 2.45) is 0 Å². The van der Waals surface area contributed by atoms with E-state index in [1.807, 2.05) is 0 Å². The minimum Gasteiger partial charge on any atom is -0.482 e. The van der Waals surface area contributed by atoms with Crippen LogP contribution in [-0.2, 0) is 11.3 Å². The van der Waals surface area contributed by atoms with Crippen LogP contribution >= 0.6 is 0 Å². The molecule has 3 rings (SSSR count). The molecule has 0 radical (unpaired) electrons. The van der Waals surface area contributed by atoms with E-state index in [1.54, 1.807) is 43.6 Å². The first-order valence-corrected chi connectivity index (χ1v) is 6.49. The van der Waals surface area contributed by atoms with Crippen LogP contribution in [0.3, 0.4) is 0 Å². The zero-order valence-electron chi connectivity index (χ0n) is 11.5. The van der Waals surface area contributed by atoms with Gasteiger partial charge in [0.2, 0.25) is 0 Å². The summed E-state index contributed by atoms with van der Waals surface area (Å²) in [5.41, 5.74) is 1.06. The fourth-order valence-corrected chi connectivity index (χ4v) is 2.10. The van der Waals surface area contributed by atoms with Crippen LogP contribution < -0.4 is 15.0 Å². The average molecular weight is 286 g/mol. The number of hydrogen-bond acceptors (Lipinski definition) is 4. The Morgan fingerprint density at radius 1 is 1.38 bits per heavy atom. The Kier molecular flexibility index (Phi) is 3.35. The highest BCUT2D eigenvalue weighted by molar-refractivity contribution is 6.00. The molecule has 0 fully saturated rings. The normalized spacial score (nSPS) is 13.6. The number of anilines is 1. The predicted molar refractivity (Wildman–Crippen MR) is 75.2 cm³/mol. The van der Waals surface area contributed by atoms with E-state index >= 15 is 0 Å². The van der Waals surface area contributed by atoms with Crippen molar-refractivity contribution in [3.63, 3.8) is 0 Å². The third kappa shape index (κ3) is 2.60. The molecule has 1 aliphatic heterocycles. The first kappa shape index (κ1) is 13.2. The number of fused-ring (bicyclic) bond motifs is 1. The number of carbonyl (C=O) groups is 2. The maximum atomic E-state index is 12.1. The zero-order chi connectivity index (χ0) is 14.8. The van der Waals surface area contributed by atoms with Crippen LogP contribution in [0.15, 0.2) is 41.0 Å². The Hall–Kier alpha value is -2.76. The number of hydrogen-bond donors (Lipinski definition) is 1. The number of rotatable bonds is 3. The second kappa shape index (κ2) is 5.32. The predicted octanol–water partition coefficient (Wildman–Crippen LogP) is 1.56. The van der Waals surface area contributed by atoms with E-state index in [0.717, 1.165) is 0 Å². The summed E-state index contributed by atoms with van der Waals surface area (Å²) in [5, 5.41) is 2.76. The van der Waals surface area contributed by atoms with Crippen LogP contribution in [0.4, 0.5) is 5.69 Å². The molecule has 21 heavy (non-hydrogen) atoms. The molecular formula is C15H14N2O4. The molecule has 0 spiro atoms. The summed E-state index contributed by atoms with van der Waals surface area (Å²) < 4.78 is 10.5. The average Bonchev–Trinajstić information content (AvgIpc) is 3.02. The van der Waals surface area contributed by atoms with E-state index in [0.29, 0.717) is 29.3 Å². The van der Waals surface area contributed by atoms with Crippen molar-refractivity contribution in [1.82, 2.24) is 5.32 Å². The molecule has 6 nitrogen and oxygen atoms in total. The SMILES string of the molecule is CN1C(=O)COc2ccc(C(=O)NCc3ccco3)cc21. The maximum Gasteiger partial charge on any atom is 0.264 e. The van der Waals surface area contributed by atoms with Gasteiger partial charge in [-0.1, -0.05) is 0 Å². The van der Waals surface area contributed by atoms with E-state index in [2.05, 4.69) is 5.32 Å². The molecule has 108 valence electrons. The van der Waals surface area contributed by atoms with Crippen LogP contribution in [-0.4, -0.2) is 25.5 Å². The Balaban J connectivity index is 1.76. The van der Waals surface area contributed by atoms with Gasteiger partial charge in [0.15, 0.2) is 6.61 Å². The summed E-state index contributed by atoms with van der Waals surface area (Å²) in [5.74, 6) is 0.896. The number of likely N-dealkylation sites (N-methyl/N-ethyl adjacent to an activating group) is 1. The first-order chi connectivity index (χ1) is 10.1. The van der Waals surface area contributed by atoms with Gasteiger partial charge in [-0.2, -0.15) is 0 Å². The largest absolute Gasteiger partial charge is 0.482 e. The summed E-state index contributed by atoms with van der Waals surface area (Å²) >= 11 is 0. The maximum absolute atomic E-state index is 12.1. The van der Waals surface area contributed by atoms with Gasteiger partial charge in [0.1, 0.15) is 11.5 Å². The summed E-state index contributed by atoms with van der Waals surface area (Å²) in [6.45, 7) is 0.335. The molecule has 2 heterocycles. The molecule has 6 heteroatoms. The van der Waals surface area contributed by atoms with Gasteiger partial charge in [-0.05, 0) is 30.3 Å². The van der Waals surface area contributed by atoms with Crippen LogP contribution in [0.2, 0.25) is 0 Å². The second-order valence-electron chi connectivity index (χ2n) is 4.69. The number of benzene rings is 1. The van der Waals surface area contributed by atoms with Gasteiger partial charge >= 0.3 is 0 Å². The summed E-state index contributed by atoms with van der Waals surface area (Å²) in [6, 6.07) is 8.55. The van der Waals surface area contributed by atoms with E-state index in [9.17, 15) is 9.59 Å². The van der Waals surface area contributed by atoms with Gasteiger partial charge in [-0.3, -0.25) is 9.59 Å². The smallest absolute Gasteiger partial charge is 0.264 e. The molecule has 2 aromatic rings. The number of furan rings is 1. The van der Waals surface area contributed by atoms with Gasteiger partial charge in [0.25, 0.3) is 11.8 Å². The Labute approximate surface area is 121 Å². The quantitative estimate of drug-likeness (QED) is 0.929. The lowest BCUT2D eigenvalue weighted by molar-refractivity contribution is -0.120. The van der Waals surface area contributed by atoms with Crippen LogP contribution in [0.1, 0.15) is 16.1 Å². The van der Waals surface area contributed by atoms with Gasteiger partial charge in [0, 0.05) is 12.6 Å². The van der Waals surface area contributed by atoms with Crippen molar-refractivity contribution in [1.29, 1.82) is 0 Å². The van der Waals surface area contributed by atoms with Crippen molar-refractivity contribution in [2.75, 3.05) is 18.6 Å². The van der Waals surface area contributed by atoms with E-state index in [-0.39, 0.29) is 18.4 Å². The van der Waals surface area contributed by atoms with Crippen LogP contribution in [0, 0.1) is 0 Å². The summed E-state index contributed by atoms with van der Waals surface area (Å²) in [7, 11) is 1.66. The van der Waals surface area contributed by atoms with E-state index < -0.39 is 0 Å². The van der Waals surface area contributed by atoms with Crippen molar-refractivity contribution in [2.45, 2.75) is 6.54 Å². The number of nitrogens with zero attached hydrogens (tertiary/aromatic N) is 1. The monoisotopic (exact) mass is 286 g/mol. The molecule has 1 aromatic heterocycles. The van der Waals surface area contributed by atoms with Gasteiger partial charge < -0.3 is 19.4 Å². The highest BCUT2D eigenvalue weighted by Gasteiger charge is 2.23. The Morgan fingerprint density at radius 3 is 3.00 bits per heavy atom. The third-order valence-electron chi connectivity index (χ3n) is 3.31. The molecule has 1 aliphatic rings. The molecule has 0 atom stereocenters. The van der Waals surface area contributed by atoms with E-state index in [1.165, 1.54) is 4.90 Å². The third-order valence-corrected chi connectivity index (χ3v) is 3.31. The molecule has 0 aliphatic carbocycles. The number of amides is 2. The molecule has 1 N–H and O–H groups in total. The number of carbonyl (C=O) groups excluding carboxylic acids is 2. The highest BCUT2D eigenvalue weighted by atomic mass is 16.5. The molecule has 0 bridgehead atoms. The topological polar surface area (TPSA) is 71.8 Å². The highest BCUT2D eigenvalue weighted by Crippen LogP contribution is 2.31. The lowest BCUT2D eigenvalue weighted by Gasteiger charge is -2.26. The zero-order valence-corrected chi connectivity index (χ0v) is 11.5. The van der Waals surface area contributed by atoms with E-state index in [4.69, 9.17) is 9.15 Å². The van der Waals surface area contributed by atoms with Gasteiger partial charge in [-0.25, -0.2) is 0 Å². The molecule has 0 saturated carbocycles.